The Morgan fingerprint density at radius 1 is 1.47 bits per heavy atom. The van der Waals surface area contributed by atoms with Crippen LogP contribution in [0.25, 0.3) is 0 Å². The Labute approximate surface area is 117 Å². The molecule has 0 radical (unpaired) electrons. The summed E-state index contributed by atoms with van der Waals surface area (Å²) >= 11 is 5.81. The molecule has 1 aromatic heterocycles. The number of carbonyl (C=O) groups is 1. The molecule has 0 spiro atoms. The summed E-state index contributed by atoms with van der Waals surface area (Å²) < 4.78 is 5.28. The Kier molecular flexibility index (Phi) is 5.57. The molecule has 1 aliphatic rings. The van der Waals surface area contributed by atoms with Gasteiger partial charge in [0.2, 0.25) is 0 Å². The molecule has 0 unspecified atom stereocenters. The van der Waals surface area contributed by atoms with Gasteiger partial charge in [-0.25, -0.2) is 0 Å². The molecule has 104 valence electrons. The van der Waals surface area contributed by atoms with Gasteiger partial charge in [0.25, 0.3) is 5.91 Å². The van der Waals surface area contributed by atoms with E-state index in [4.69, 9.17) is 16.3 Å². The van der Waals surface area contributed by atoms with Gasteiger partial charge in [0.1, 0.15) is 5.69 Å². The number of aromatic nitrogens is 1. The van der Waals surface area contributed by atoms with E-state index >= 15 is 0 Å². The minimum atomic E-state index is -0.176. The summed E-state index contributed by atoms with van der Waals surface area (Å²) in [6.45, 7) is 5.18. The van der Waals surface area contributed by atoms with Crippen molar-refractivity contribution in [2.75, 3.05) is 39.4 Å². The van der Waals surface area contributed by atoms with Crippen LogP contribution in [0.15, 0.2) is 18.3 Å². The number of morpholine rings is 1. The lowest BCUT2D eigenvalue weighted by molar-refractivity contribution is 0.0374. The van der Waals surface area contributed by atoms with Crippen molar-refractivity contribution in [3.8, 4) is 0 Å². The Bertz CT molecular complexity index is 422. The van der Waals surface area contributed by atoms with Crippen molar-refractivity contribution in [1.82, 2.24) is 15.2 Å². The smallest absolute Gasteiger partial charge is 0.269 e. The fourth-order valence-electron chi connectivity index (χ4n) is 1.95. The first-order valence-corrected chi connectivity index (χ1v) is 6.83. The predicted molar refractivity (Wildman–Crippen MR) is 73.5 cm³/mol. The molecular formula is C13H18ClN3O2. The number of rotatable bonds is 5. The van der Waals surface area contributed by atoms with Crippen molar-refractivity contribution in [3.63, 3.8) is 0 Å². The minimum absolute atomic E-state index is 0.176. The maximum absolute atomic E-state index is 11.8. The second-order valence-corrected chi connectivity index (χ2v) is 4.86. The van der Waals surface area contributed by atoms with E-state index in [1.807, 2.05) is 0 Å². The Hall–Kier alpha value is -1.17. The van der Waals surface area contributed by atoms with Gasteiger partial charge in [0, 0.05) is 30.9 Å². The van der Waals surface area contributed by atoms with E-state index in [0.29, 0.717) is 17.3 Å². The molecule has 1 saturated heterocycles. The number of halogens is 1. The molecule has 1 fully saturated rings. The van der Waals surface area contributed by atoms with Crippen LogP contribution in [0.1, 0.15) is 16.9 Å². The molecule has 1 N–H and O–H groups in total. The van der Waals surface area contributed by atoms with Crippen LogP contribution in [0.4, 0.5) is 0 Å². The number of pyridine rings is 1. The summed E-state index contributed by atoms with van der Waals surface area (Å²) in [6, 6.07) is 3.22. The maximum atomic E-state index is 11.8. The van der Waals surface area contributed by atoms with Crippen LogP contribution in [0, 0.1) is 0 Å². The lowest BCUT2D eigenvalue weighted by Gasteiger charge is -2.26. The minimum Gasteiger partial charge on any atom is -0.379 e. The Morgan fingerprint density at radius 3 is 3.00 bits per heavy atom. The van der Waals surface area contributed by atoms with Crippen molar-refractivity contribution >= 4 is 17.5 Å². The van der Waals surface area contributed by atoms with Crippen molar-refractivity contribution in [1.29, 1.82) is 0 Å². The van der Waals surface area contributed by atoms with E-state index in [1.54, 1.807) is 12.1 Å². The van der Waals surface area contributed by atoms with E-state index in [2.05, 4.69) is 15.2 Å². The van der Waals surface area contributed by atoms with Gasteiger partial charge in [-0.2, -0.15) is 0 Å². The topological polar surface area (TPSA) is 54.5 Å². The molecular weight excluding hydrogens is 266 g/mol. The molecule has 1 aromatic rings. The number of nitrogens with one attached hydrogen (secondary N) is 1. The maximum Gasteiger partial charge on any atom is 0.269 e. The van der Waals surface area contributed by atoms with E-state index < -0.39 is 0 Å². The van der Waals surface area contributed by atoms with Gasteiger partial charge in [0.05, 0.1) is 13.2 Å². The largest absolute Gasteiger partial charge is 0.379 e. The quantitative estimate of drug-likeness (QED) is 0.825. The fourth-order valence-corrected chi connectivity index (χ4v) is 2.11. The normalized spacial score (nSPS) is 16.3. The summed E-state index contributed by atoms with van der Waals surface area (Å²) in [6.07, 6.45) is 2.46. The summed E-state index contributed by atoms with van der Waals surface area (Å²) in [4.78, 5) is 18.1. The van der Waals surface area contributed by atoms with Crippen molar-refractivity contribution in [3.05, 3.63) is 29.0 Å². The zero-order valence-corrected chi connectivity index (χ0v) is 11.5. The molecule has 0 atom stereocenters. The van der Waals surface area contributed by atoms with Gasteiger partial charge in [-0.1, -0.05) is 11.6 Å². The summed E-state index contributed by atoms with van der Waals surface area (Å²) in [5.74, 6) is -0.176. The molecule has 6 heteroatoms. The molecule has 0 saturated carbocycles. The third-order valence-corrected chi connectivity index (χ3v) is 3.23. The van der Waals surface area contributed by atoms with E-state index in [1.165, 1.54) is 6.20 Å². The Morgan fingerprint density at radius 2 is 2.26 bits per heavy atom. The SMILES string of the molecule is O=C(NCCCN1CCOCC1)c1cc(Cl)ccn1. The van der Waals surface area contributed by atoms with Crippen LogP contribution in [-0.4, -0.2) is 55.2 Å². The molecule has 0 aromatic carbocycles. The fraction of sp³-hybridized carbons (Fsp3) is 0.538. The molecule has 1 aliphatic heterocycles. The first-order chi connectivity index (χ1) is 9.25. The van der Waals surface area contributed by atoms with Gasteiger partial charge in [-0.3, -0.25) is 14.7 Å². The highest BCUT2D eigenvalue weighted by molar-refractivity contribution is 6.30. The number of hydrogen-bond donors (Lipinski definition) is 1. The number of nitrogens with zero attached hydrogens (tertiary/aromatic N) is 2. The van der Waals surface area contributed by atoms with E-state index in [-0.39, 0.29) is 5.91 Å². The van der Waals surface area contributed by atoms with Gasteiger partial charge in [-0.05, 0) is 25.1 Å². The predicted octanol–water partition coefficient (Wildman–Crippen LogP) is 1.19. The van der Waals surface area contributed by atoms with Gasteiger partial charge >= 0.3 is 0 Å². The van der Waals surface area contributed by atoms with Crippen LogP contribution in [0.2, 0.25) is 5.02 Å². The van der Waals surface area contributed by atoms with Crippen molar-refractivity contribution < 1.29 is 9.53 Å². The average molecular weight is 284 g/mol. The molecule has 0 bridgehead atoms. The number of ether oxygens (including phenoxy) is 1. The first kappa shape index (κ1) is 14.2. The highest BCUT2D eigenvalue weighted by Gasteiger charge is 2.10. The molecule has 0 aliphatic carbocycles. The van der Waals surface area contributed by atoms with Gasteiger partial charge in [0.15, 0.2) is 0 Å². The van der Waals surface area contributed by atoms with Crippen LogP contribution in [0.5, 0.6) is 0 Å². The highest BCUT2D eigenvalue weighted by atomic mass is 35.5. The third kappa shape index (κ3) is 4.78. The first-order valence-electron chi connectivity index (χ1n) is 6.45. The highest BCUT2D eigenvalue weighted by Crippen LogP contribution is 2.07. The summed E-state index contributed by atoms with van der Waals surface area (Å²) in [7, 11) is 0. The molecule has 19 heavy (non-hydrogen) atoms. The molecule has 2 heterocycles. The second-order valence-electron chi connectivity index (χ2n) is 4.42. The lowest BCUT2D eigenvalue weighted by atomic mass is 10.3. The monoisotopic (exact) mass is 283 g/mol. The van der Waals surface area contributed by atoms with Crippen LogP contribution < -0.4 is 5.32 Å². The van der Waals surface area contributed by atoms with Crippen LogP contribution in [0.3, 0.4) is 0 Å². The number of carbonyl (C=O) groups excluding carboxylic acids is 1. The Balaban J connectivity index is 1.66. The zero-order chi connectivity index (χ0) is 13.5. The number of amides is 1. The van der Waals surface area contributed by atoms with E-state index in [9.17, 15) is 4.79 Å². The van der Waals surface area contributed by atoms with Gasteiger partial charge < -0.3 is 10.1 Å². The van der Waals surface area contributed by atoms with Crippen molar-refractivity contribution in [2.45, 2.75) is 6.42 Å². The van der Waals surface area contributed by atoms with Crippen LogP contribution >= 0.6 is 11.6 Å². The molecule has 1 amide bonds. The summed E-state index contributed by atoms with van der Waals surface area (Å²) in [5.41, 5.74) is 0.360. The lowest BCUT2D eigenvalue weighted by Crippen LogP contribution is -2.38. The zero-order valence-electron chi connectivity index (χ0n) is 10.8. The average Bonchev–Trinajstić information content (AvgIpc) is 2.44. The van der Waals surface area contributed by atoms with Crippen molar-refractivity contribution in [2.24, 2.45) is 0 Å². The summed E-state index contributed by atoms with van der Waals surface area (Å²) in [5, 5.41) is 3.37. The van der Waals surface area contributed by atoms with Crippen LogP contribution in [-0.2, 0) is 4.74 Å². The van der Waals surface area contributed by atoms with Gasteiger partial charge in [-0.15, -0.1) is 0 Å². The molecule has 5 nitrogen and oxygen atoms in total. The van der Waals surface area contributed by atoms with E-state index in [0.717, 1.165) is 39.3 Å². The second kappa shape index (κ2) is 7.43. The molecule has 2 rings (SSSR count). The number of hydrogen-bond acceptors (Lipinski definition) is 4. The third-order valence-electron chi connectivity index (χ3n) is 3.00. The standard InChI is InChI=1S/C13H18ClN3O2/c14-11-2-4-15-12(10-11)13(18)16-3-1-5-17-6-8-19-9-7-17/h2,4,10H,1,3,5-9H2,(H,16,18).